The van der Waals surface area contributed by atoms with Crippen LogP contribution in [0.25, 0.3) is 17.0 Å². The summed E-state index contributed by atoms with van der Waals surface area (Å²) in [7, 11) is 1.66. The Kier molecular flexibility index (Phi) is 5.29. The van der Waals surface area contributed by atoms with Gasteiger partial charge in [0.15, 0.2) is 5.13 Å². The SMILES string of the molecule is Br.COc1ccc(Nc2nc(-c3c(C)nc4ccc(C)cn34)cs2)cc1. The first-order chi connectivity index (χ1) is 12.1. The lowest BCUT2D eigenvalue weighted by atomic mass is 10.2. The molecule has 4 aromatic rings. The Morgan fingerprint density at radius 2 is 1.81 bits per heavy atom. The molecule has 26 heavy (non-hydrogen) atoms. The Morgan fingerprint density at radius 3 is 2.54 bits per heavy atom. The molecule has 134 valence electrons. The number of halogens is 1. The summed E-state index contributed by atoms with van der Waals surface area (Å²) in [5, 5.41) is 6.25. The molecule has 0 amide bonds. The number of pyridine rings is 1. The zero-order valence-electron chi connectivity index (χ0n) is 14.7. The molecule has 0 aliphatic rings. The summed E-state index contributed by atoms with van der Waals surface area (Å²) in [5.74, 6) is 0.835. The van der Waals surface area contributed by atoms with E-state index in [4.69, 9.17) is 9.72 Å². The van der Waals surface area contributed by atoms with Gasteiger partial charge in [-0.25, -0.2) is 9.97 Å². The van der Waals surface area contributed by atoms with Crippen LogP contribution < -0.4 is 10.1 Å². The zero-order valence-corrected chi connectivity index (χ0v) is 17.2. The van der Waals surface area contributed by atoms with E-state index in [9.17, 15) is 0 Å². The fourth-order valence-electron chi connectivity index (χ4n) is 2.81. The molecule has 0 aliphatic carbocycles. The van der Waals surface area contributed by atoms with Gasteiger partial charge in [-0.3, -0.25) is 4.40 Å². The summed E-state index contributed by atoms with van der Waals surface area (Å²) in [4.78, 5) is 9.38. The van der Waals surface area contributed by atoms with E-state index in [0.717, 1.165) is 39.3 Å². The van der Waals surface area contributed by atoms with Crippen molar-refractivity contribution in [3.63, 3.8) is 0 Å². The number of benzene rings is 1. The minimum absolute atomic E-state index is 0. The molecular weight excluding hydrogens is 412 g/mol. The molecule has 0 saturated carbocycles. The number of hydrogen-bond donors (Lipinski definition) is 1. The van der Waals surface area contributed by atoms with Gasteiger partial charge in [0, 0.05) is 17.3 Å². The first-order valence-electron chi connectivity index (χ1n) is 7.96. The van der Waals surface area contributed by atoms with Crippen molar-refractivity contribution in [1.82, 2.24) is 14.4 Å². The minimum Gasteiger partial charge on any atom is -0.497 e. The van der Waals surface area contributed by atoms with Crippen LogP contribution in [0.1, 0.15) is 11.3 Å². The molecule has 0 spiro atoms. The summed E-state index contributed by atoms with van der Waals surface area (Å²) in [6, 6.07) is 11.9. The van der Waals surface area contributed by atoms with E-state index >= 15 is 0 Å². The zero-order chi connectivity index (χ0) is 17.4. The van der Waals surface area contributed by atoms with Crippen molar-refractivity contribution in [3.05, 3.63) is 59.2 Å². The van der Waals surface area contributed by atoms with Crippen molar-refractivity contribution < 1.29 is 4.74 Å². The Bertz CT molecular complexity index is 1040. The molecule has 7 heteroatoms. The van der Waals surface area contributed by atoms with Gasteiger partial charge in [0.05, 0.1) is 18.5 Å². The molecule has 0 saturated heterocycles. The standard InChI is InChI=1S/C19H18N4OS.BrH/c1-12-4-9-17-20-13(2)18(23(17)10-12)16-11-25-19(22-16)21-14-5-7-15(24-3)8-6-14;/h4-11H,1-3H3,(H,21,22);1H. The van der Waals surface area contributed by atoms with Gasteiger partial charge in [-0.2, -0.15) is 0 Å². The monoisotopic (exact) mass is 430 g/mol. The predicted octanol–water partition coefficient (Wildman–Crippen LogP) is 5.40. The Hall–Kier alpha value is -2.38. The maximum atomic E-state index is 5.19. The van der Waals surface area contributed by atoms with Crippen LogP contribution >= 0.6 is 28.3 Å². The average Bonchev–Trinajstić information content (AvgIpc) is 3.18. The van der Waals surface area contributed by atoms with E-state index < -0.39 is 0 Å². The van der Waals surface area contributed by atoms with Gasteiger partial charge < -0.3 is 10.1 Å². The fraction of sp³-hybridized carbons (Fsp3) is 0.158. The smallest absolute Gasteiger partial charge is 0.187 e. The molecule has 0 radical (unpaired) electrons. The summed E-state index contributed by atoms with van der Waals surface area (Å²) in [6.45, 7) is 4.10. The molecule has 0 fully saturated rings. The van der Waals surface area contributed by atoms with Crippen LogP contribution in [0.5, 0.6) is 5.75 Å². The van der Waals surface area contributed by atoms with Gasteiger partial charge >= 0.3 is 0 Å². The lowest BCUT2D eigenvalue weighted by Gasteiger charge is -2.04. The van der Waals surface area contributed by atoms with Crippen molar-refractivity contribution in [2.45, 2.75) is 13.8 Å². The number of hydrogen-bond acceptors (Lipinski definition) is 5. The molecule has 0 unspecified atom stereocenters. The first kappa shape index (κ1) is 18.4. The molecular formula is C19H19BrN4OS. The molecule has 0 atom stereocenters. The third-order valence-electron chi connectivity index (χ3n) is 4.03. The molecule has 3 heterocycles. The fourth-order valence-corrected chi connectivity index (χ4v) is 3.53. The van der Waals surface area contributed by atoms with Gasteiger partial charge in [-0.05, 0) is 49.7 Å². The molecule has 0 aliphatic heterocycles. The number of ether oxygens (including phenoxy) is 1. The van der Waals surface area contributed by atoms with E-state index in [1.165, 1.54) is 5.56 Å². The van der Waals surface area contributed by atoms with Crippen LogP contribution in [0.2, 0.25) is 0 Å². The number of fused-ring (bicyclic) bond motifs is 1. The number of aryl methyl sites for hydroxylation is 2. The van der Waals surface area contributed by atoms with Crippen LogP contribution in [0, 0.1) is 13.8 Å². The van der Waals surface area contributed by atoms with Crippen molar-refractivity contribution in [2.75, 3.05) is 12.4 Å². The minimum atomic E-state index is 0. The van der Waals surface area contributed by atoms with Crippen LogP contribution in [0.15, 0.2) is 48.0 Å². The quantitative estimate of drug-likeness (QED) is 0.470. The van der Waals surface area contributed by atoms with Gasteiger partial charge in [-0.1, -0.05) is 6.07 Å². The van der Waals surface area contributed by atoms with E-state index in [-0.39, 0.29) is 17.0 Å². The molecule has 4 rings (SSSR count). The second kappa shape index (κ2) is 7.47. The van der Waals surface area contributed by atoms with Gasteiger partial charge in [-0.15, -0.1) is 28.3 Å². The van der Waals surface area contributed by atoms with E-state index in [1.807, 2.05) is 37.3 Å². The van der Waals surface area contributed by atoms with Crippen LogP contribution in [-0.4, -0.2) is 21.5 Å². The Morgan fingerprint density at radius 1 is 1.04 bits per heavy atom. The number of methoxy groups -OCH3 is 1. The number of rotatable bonds is 4. The summed E-state index contributed by atoms with van der Waals surface area (Å²) in [5.41, 5.74) is 6.06. The summed E-state index contributed by atoms with van der Waals surface area (Å²) < 4.78 is 7.29. The second-order valence-corrected chi connectivity index (χ2v) is 6.73. The first-order valence-corrected chi connectivity index (χ1v) is 8.84. The average molecular weight is 431 g/mol. The summed E-state index contributed by atoms with van der Waals surface area (Å²) >= 11 is 1.58. The van der Waals surface area contributed by atoms with Crippen molar-refractivity contribution >= 4 is 44.8 Å². The third kappa shape index (κ3) is 3.45. The van der Waals surface area contributed by atoms with Crippen molar-refractivity contribution in [1.29, 1.82) is 0 Å². The highest BCUT2D eigenvalue weighted by Crippen LogP contribution is 2.30. The van der Waals surface area contributed by atoms with Crippen LogP contribution in [-0.2, 0) is 0 Å². The van der Waals surface area contributed by atoms with Crippen molar-refractivity contribution in [2.24, 2.45) is 0 Å². The number of imidazole rings is 1. The molecule has 1 aromatic carbocycles. The van der Waals surface area contributed by atoms with E-state index in [0.29, 0.717) is 0 Å². The normalized spacial score (nSPS) is 10.6. The largest absolute Gasteiger partial charge is 0.497 e. The highest BCUT2D eigenvalue weighted by Gasteiger charge is 2.14. The van der Waals surface area contributed by atoms with Gasteiger partial charge in [0.1, 0.15) is 17.1 Å². The highest BCUT2D eigenvalue weighted by molar-refractivity contribution is 8.93. The molecule has 0 bridgehead atoms. The summed E-state index contributed by atoms with van der Waals surface area (Å²) in [6.07, 6.45) is 2.10. The van der Waals surface area contributed by atoms with Gasteiger partial charge in [0.25, 0.3) is 0 Å². The van der Waals surface area contributed by atoms with Crippen LogP contribution in [0.3, 0.4) is 0 Å². The molecule has 1 N–H and O–H groups in total. The molecule has 3 aromatic heterocycles. The van der Waals surface area contributed by atoms with E-state index in [2.05, 4.69) is 39.3 Å². The number of thiazole rings is 1. The number of nitrogens with one attached hydrogen (secondary N) is 1. The van der Waals surface area contributed by atoms with E-state index in [1.54, 1.807) is 18.4 Å². The predicted molar refractivity (Wildman–Crippen MR) is 112 cm³/mol. The molecule has 5 nitrogen and oxygen atoms in total. The second-order valence-electron chi connectivity index (χ2n) is 5.87. The van der Waals surface area contributed by atoms with Crippen LogP contribution in [0.4, 0.5) is 10.8 Å². The third-order valence-corrected chi connectivity index (χ3v) is 4.79. The maximum Gasteiger partial charge on any atom is 0.187 e. The highest BCUT2D eigenvalue weighted by atomic mass is 79.9. The number of anilines is 2. The van der Waals surface area contributed by atoms with Gasteiger partial charge in [0.2, 0.25) is 0 Å². The lowest BCUT2D eigenvalue weighted by molar-refractivity contribution is 0.415. The Balaban J connectivity index is 0.00000196. The topological polar surface area (TPSA) is 51.5 Å². The maximum absolute atomic E-state index is 5.19. The Labute approximate surface area is 166 Å². The number of nitrogens with zero attached hydrogens (tertiary/aromatic N) is 3. The van der Waals surface area contributed by atoms with Crippen molar-refractivity contribution in [3.8, 4) is 17.1 Å². The lowest BCUT2D eigenvalue weighted by Crippen LogP contribution is -1.93. The number of aromatic nitrogens is 3.